The van der Waals surface area contributed by atoms with Gasteiger partial charge in [0.15, 0.2) is 9.84 Å². The number of rotatable bonds is 6. The molecule has 8 heteroatoms. The first-order valence-electron chi connectivity index (χ1n) is 6.99. The normalized spacial score (nSPS) is 22.0. The highest BCUT2D eigenvalue weighted by Crippen LogP contribution is 2.28. The number of sulfone groups is 1. The third-order valence-electron chi connectivity index (χ3n) is 3.77. The van der Waals surface area contributed by atoms with Crippen LogP contribution in [-0.4, -0.2) is 32.6 Å². The number of nitrogens with one attached hydrogen (secondary N) is 1. The Hall–Kier alpha value is -1.28. The Morgan fingerprint density at radius 3 is 2.73 bits per heavy atom. The highest BCUT2D eigenvalue weighted by Gasteiger charge is 2.31. The van der Waals surface area contributed by atoms with Gasteiger partial charge in [-0.2, -0.15) is 8.78 Å². The zero-order valence-corrected chi connectivity index (χ0v) is 12.9. The van der Waals surface area contributed by atoms with E-state index >= 15 is 0 Å². The molecule has 4 nitrogen and oxygen atoms in total. The molecule has 1 aromatic rings. The van der Waals surface area contributed by atoms with Gasteiger partial charge in [-0.05, 0) is 25.8 Å². The average molecular weight is 337 g/mol. The molecule has 1 N–H and O–H groups in total. The molecule has 1 heterocycles. The molecule has 0 bridgehead atoms. The number of halogens is 3. The fourth-order valence-electron chi connectivity index (χ4n) is 2.57. The third-order valence-corrected chi connectivity index (χ3v) is 6.05. The van der Waals surface area contributed by atoms with Crippen molar-refractivity contribution >= 4 is 9.84 Å². The van der Waals surface area contributed by atoms with Crippen molar-refractivity contribution in [3.63, 3.8) is 0 Å². The molecule has 2 atom stereocenters. The SMILES string of the molecule is CC(NCC1CCCS1(=O)=O)c1ccc(F)cc1OC(F)F. The Balaban J connectivity index is 2.07. The van der Waals surface area contributed by atoms with E-state index in [-0.39, 0.29) is 18.0 Å². The predicted octanol–water partition coefficient (Wildman–Crippen LogP) is 2.65. The zero-order valence-electron chi connectivity index (χ0n) is 12.1. The predicted molar refractivity (Wildman–Crippen MR) is 76.3 cm³/mol. The van der Waals surface area contributed by atoms with E-state index in [9.17, 15) is 21.6 Å². The van der Waals surface area contributed by atoms with Crippen molar-refractivity contribution < 1.29 is 26.3 Å². The van der Waals surface area contributed by atoms with E-state index in [1.54, 1.807) is 6.92 Å². The van der Waals surface area contributed by atoms with Gasteiger partial charge >= 0.3 is 6.61 Å². The van der Waals surface area contributed by atoms with Gasteiger partial charge < -0.3 is 10.1 Å². The van der Waals surface area contributed by atoms with Gasteiger partial charge in [0.05, 0.1) is 11.0 Å². The number of alkyl halides is 2. The molecule has 0 spiro atoms. The Morgan fingerprint density at radius 1 is 1.41 bits per heavy atom. The standard InChI is InChI=1S/C14H18F3NO3S/c1-9(18-8-11-3-2-6-22(11,19)20)12-5-4-10(15)7-13(12)21-14(16)17/h4-5,7,9,11,14,18H,2-3,6,8H2,1H3. The molecule has 2 rings (SSSR count). The molecule has 1 aromatic carbocycles. The molecule has 1 saturated heterocycles. The molecular weight excluding hydrogens is 319 g/mol. The summed E-state index contributed by atoms with van der Waals surface area (Å²) < 4.78 is 65.8. The summed E-state index contributed by atoms with van der Waals surface area (Å²) in [5, 5.41) is 2.54. The molecule has 2 unspecified atom stereocenters. The minimum atomic E-state index is -3.07. The summed E-state index contributed by atoms with van der Waals surface area (Å²) in [4.78, 5) is 0. The maximum atomic E-state index is 13.2. The second kappa shape index (κ2) is 6.87. The summed E-state index contributed by atoms with van der Waals surface area (Å²) in [6, 6.07) is 2.96. The molecule has 1 aliphatic heterocycles. The van der Waals surface area contributed by atoms with Crippen LogP contribution in [0.2, 0.25) is 0 Å². The fourth-order valence-corrected chi connectivity index (χ4v) is 4.35. The Morgan fingerprint density at radius 2 is 2.14 bits per heavy atom. The maximum absolute atomic E-state index is 13.2. The summed E-state index contributed by atoms with van der Waals surface area (Å²) in [5.74, 6) is -0.737. The van der Waals surface area contributed by atoms with Crippen molar-refractivity contribution in [2.45, 2.75) is 37.7 Å². The number of benzene rings is 1. The largest absolute Gasteiger partial charge is 0.434 e. The van der Waals surface area contributed by atoms with Crippen LogP contribution in [0, 0.1) is 5.82 Å². The van der Waals surface area contributed by atoms with Gasteiger partial charge in [-0.3, -0.25) is 0 Å². The Labute approximate surface area is 127 Å². The summed E-state index contributed by atoms with van der Waals surface area (Å²) in [6.07, 6.45) is 1.23. The van der Waals surface area contributed by atoms with Crippen molar-refractivity contribution in [3.8, 4) is 5.75 Å². The van der Waals surface area contributed by atoms with Crippen molar-refractivity contribution in [2.75, 3.05) is 12.3 Å². The molecule has 22 heavy (non-hydrogen) atoms. The first kappa shape index (κ1) is 17.1. The minimum Gasteiger partial charge on any atom is -0.434 e. The molecule has 0 aromatic heterocycles. The van der Waals surface area contributed by atoms with Crippen LogP contribution in [0.5, 0.6) is 5.75 Å². The van der Waals surface area contributed by atoms with E-state index in [1.165, 1.54) is 6.07 Å². The molecule has 0 aliphatic carbocycles. The molecule has 1 fully saturated rings. The van der Waals surface area contributed by atoms with E-state index in [4.69, 9.17) is 0 Å². The van der Waals surface area contributed by atoms with Crippen LogP contribution >= 0.6 is 0 Å². The van der Waals surface area contributed by atoms with E-state index < -0.39 is 33.6 Å². The Bertz CT molecular complexity index is 622. The monoisotopic (exact) mass is 337 g/mol. The average Bonchev–Trinajstić information content (AvgIpc) is 2.74. The van der Waals surface area contributed by atoms with Crippen molar-refractivity contribution in [2.24, 2.45) is 0 Å². The summed E-state index contributed by atoms with van der Waals surface area (Å²) in [5.41, 5.74) is 0.358. The van der Waals surface area contributed by atoms with Gasteiger partial charge in [0.2, 0.25) is 0 Å². The Kier molecular flexibility index (Phi) is 5.33. The summed E-state index contributed by atoms with van der Waals surface area (Å²) >= 11 is 0. The van der Waals surface area contributed by atoms with E-state index in [1.807, 2.05) is 0 Å². The molecule has 1 aliphatic rings. The lowest BCUT2D eigenvalue weighted by molar-refractivity contribution is -0.0508. The summed E-state index contributed by atoms with van der Waals surface area (Å²) in [6.45, 7) is -1.13. The van der Waals surface area contributed by atoms with E-state index in [0.29, 0.717) is 18.4 Å². The molecular formula is C14H18F3NO3S. The number of ether oxygens (including phenoxy) is 1. The first-order chi connectivity index (χ1) is 10.3. The summed E-state index contributed by atoms with van der Waals surface area (Å²) in [7, 11) is -3.07. The molecule has 0 amide bonds. The van der Waals surface area contributed by atoms with Gasteiger partial charge in [-0.25, -0.2) is 12.8 Å². The van der Waals surface area contributed by atoms with Crippen molar-refractivity contribution in [1.82, 2.24) is 5.32 Å². The quantitative estimate of drug-likeness (QED) is 0.867. The molecule has 0 saturated carbocycles. The smallest absolute Gasteiger partial charge is 0.387 e. The number of hydrogen-bond acceptors (Lipinski definition) is 4. The van der Waals surface area contributed by atoms with Crippen LogP contribution in [0.3, 0.4) is 0 Å². The highest BCUT2D eigenvalue weighted by atomic mass is 32.2. The van der Waals surface area contributed by atoms with E-state index in [2.05, 4.69) is 10.1 Å². The van der Waals surface area contributed by atoms with Crippen LogP contribution in [0.1, 0.15) is 31.4 Å². The second-order valence-electron chi connectivity index (χ2n) is 5.32. The van der Waals surface area contributed by atoms with Gasteiger partial charge in [0.1, 0.15) is 11.6 Å². The van der Waals surface area contributed by atoms with Gasteiger partial charge in [-0.15, -0.1) is 0 Å². The maximum Gasteiger partial charge on any atom is 0.387 e. The minimum absolute atomic E-state index is 0.185. The highest BCUT2D eigenvalue weighted by molar-refractivity contribution is 7.92. The lowest BCUT2D eigenvalue weighted by Crippen LogP contribution is -2.32. The van der Waals surface area contributed by atoms with Crippen LogP contribution in [0.15, 0.2) is 18.2 Å². The van der Waals surface area contributed by atoms with Crippen LogP contribution < -0.4 is 10.1 Å². The lowest BCUT2D eigenvalue weighted by atomic mass is 10.1. The number of hydrogen-bond donors (Lipinski definition) is 1. The van der Waals surface area contributed by atoms with Crippen molar-refractivity contribution in [3.05, 3.63) is 29.6 Å². The van der Waals surface area contributed by atoms with E-state index in [0.717, 1.165) is 12.1 Å². The molecule has 124 valence electrons. The van der Waals surface area contributed by atoms with Crippen LogP contribution in [-0.2, 0) is 9.84 Å². The van der Waals surface area contributed by atoms with Crippen LogP contribution in [0.4, 0.5) is 13.2 Å². The van der Waals surface area contributed by atoms with Gasteiger partial charge in [-0.1, -0.05) is 6.07 Å². The molecule has 0 radical (unpaired) electrons. The second-order valence-corrected chi connectivity index (χ2v) is 7.72. The topological polar surface area (TPSA) is 55.4 Å². The van der Waals surface area contributed by atoms with Crippen molar-refractivity contribution in [1.29, 1.82) is 0 Å². The van der Waals surface area contributed by atoms with Crippen LogP contribution in [0.25, 0.3) is 0 Å². The lowest BCUT2D eigenvalue weighted by Gasteiger charge is -2.20. The fraction of sp³-hybridized carbons (Fsp3) is 0.571. The third kappa shape index (κ3) is 4.13. The van der Waals surface area contributed by atoms with Gasteiger partial charge in [0.25, 0.3) is 0 Å². The van der Waals surface area contributed by atoms with Gasteiger partial charge in [0, 0.05) is 24.2 Å². The zero-order chi connectivity index (χ0) is 16.3. The first-order valence-corrected chi connectivity index (χ1v) is 8.70.